The van der Waals surface area contributed by atoms with E-state index in [0.29, 0.717) is 6.42 Å². The zero-order valence-electron chi connectivity index (χ0n) is 7.94. The number of carbonyl (C=O) groups is 1. The highest BCUT2D eigenvalue weighted by molar-refractivity contribution is 5.84. The van der Waals surface area contributed by atoms with E-state index in [4.69, 9.17) is 0 Å². The molecule has 0 bridgehead atoms. The third kappa shape index (κ3) is 5.00. The second-order valence-corrected chi connectivity index (χ2v) is 3.76. The normalized spacial score (nSPS) is 11.6. The van der Waals surface area contributed by atoms with Crippen LogP contribution in [0.1, 0.15) is 46.5 Å². The highest BCUT2D eigenvalue weighted by atomic mass is 16.1. The van der Waals surface area contributed by atoms with E-state index in [2.05, 4.69) is 13.8 Å². The van der Waals surface area contributed by atoms with Crippen molar-refractivity contribution >= 4 is 5.78 Å². The Morgan fingerprint density at radius 3 is 2.27 bits per heavy atom. The molecule has 0 heterocycles. The van der Waals surface area contributed by atoms with Crippen LogP contribution >= 0.6 is 0 Å². The van der Waals surface area contributed by atoms with E-state index in [-0.39, 0.29) is 11.2 Å². The summed E-state index contributed by atoms with van der Waals surface area (Å²) < 4.78 is 0. The van der Waals surface area contributed by atoms with Gasteiger partial charge in [-0.15, -0.1) is 0 Å². The summed E-state index contributed by atoms with van der Waals surface area (Å²) in [6.45, 7) is 9.69. The van der Waals surface area contributed by atoms with Gasteiger partial charge >= 0.3 is 0 Å². The summed E-state index contributed by atoms with van der Waals surface area (Å²) in [4.78, 5) is 11.3. The van der Waals surface area contributed by atoms with Crippen LogP contribution in [0, 0.1) is 12.3 Å². The Balaban J connectivity index is 3.54. The van der Waals surface area contributed by atoms with Crippen molar-refractivity contribution in [1.82, 2.24) is 0 Å². The number of hydrogen-bond acceptors (Lipinski definition) is 1. The van der Waals surface area contributed by atoms with Gasteiger partial charge in [-0.2, -0.15) is 0 Å². The topological polar surface area (TPSA) is 17.1 Å². The van der Waals surface area contributed by atoms with Gasteiger partial charge in [0.15, 0.2) is 0 Å². The molecule has 1 heteroatoms. The molecule has 0 aliphatic heterocycles. The Morgan fingerprint density at radius 2 is 1.91 bits per heavy atom. The van der Waals surface area contributed by atoms with Crippen LogP contribution in [0.4, 0.5) is 0 Å². The van der Waals surface area contributed by atoms with Crippen LogP contribution in [0.5, 0.6) is 0 Å². The quantitative estimate of drug-likeness (QED) is 0.558. The highest BCUT2D eigenvalue weighted by Crippen LogP contribution is 2.17. The number of ketones is 1. The monoisotopic (exact) mass is 155 g/mol. The Bertz CT molecular complexity index is 119. The third-order valence-corrected chi connectivity index (χ3v) is 1.76. The van der Waals surface area contributed by atoms with Gasteiger partial charge in [0.05, 0.1) is 0 Å². The molecule has 0 fully saturated rings. The maximum atomic E-state index is 11.3. The minimum atomic E-state index is -0.381. The van der Waals surface area contributed by atoms with E-state index in [1.807, 2.05) is 13.8 Å². The Kier molecular flexibility index (Phi) is 4.39. The molecular weight excluding hydrogens is 136 g/mol. The molecule has 0 rings (SSSR count). The van der Waals surface area contributed by atoms with Crippen LogP contribution in [0.3, 0.4) is 0 Å². The fourth-order valence-corrected chi connectivity index (χ4v) is 0.874. The fraction of sp³-hybridized carbons (Fsp3) is 0.800. The second-order valence-electron chi connectivity index (χ2n) is 3.76. The lowest BCUT2D eigenvalue weighted by molar-refractivity contribution is -0.125. The molecular formula is C10H19O. The lowest BCUT2D eigenvalue weighted by Crippen LogP contribution is -2.19. The van der Waals surface area contributed by atoms with Crippen molar-refractivity contribution in [2.45, 2.75) is 46.5 Å². The average molecular weight is 155 g/mol. The predicted octanol–water partition coefficient (Wildman–Crippen LogP) is 3.00. The number of Topliss-reactive ketones (excluding diaryl/α,β-unsaturated/α-hetero) is 1. The molecule has 0 aliphatic carbocycles. The maximum Gasteiger partial charge on any atom is 0.138 e. The van der Waals surface area contributed by atoms with Crippen molar-refractivity contribution in [3.8, 4) is 0 Å². The molecule has 0 saturated carbocycles. The van der Waals surface area contributed by atoms with Gasteiger partial charge in [-0.25, -0.2) is 0 Å². The lowest BCUT2D eigenvalue weighted by atomic mass is 9.88. The van der Waals surface area contributed by atoms with E-state index < -0.39 is 0 Å². The summed E-state index contributed by atoms with van der Waals surface area (Å²) in [5, 5.41) is 0. The zero-order chi connectivity index (χ0) is 8.91. The summed E-state index contributed by atoms with van der Waals surface area (Å²) in [6.07, 6.45) is 4.05. The van der Waals surface area contributed by atoms with Gasteiger partial charge in [0.25, 0.3) is 0 Å². The summed E-state index contributed by atoms with van der Waals surface area (Å²) in [5.74, 6) is 0.283. The molecule has 65 valence electrons. The summed E-state index contributed by atoms with van der Waals surface area (Å²) in [6, 6.07) is 0. The number of hydrogen-bond donors (Lipinski definition) is 0. The third-order valence-electron chi connectivity index (χ3n) is 1.76. The van der Waals surface area contributed by atoms with Gasteiger partial charge in [-0.3, -0.25) is 4.79 Å². The van der Waals surface area contributed by atoms with Gasteiger partial charge in [0, 0.05) is 11.8 Å². The minimum absolute atomic E-state index is 0.283. The lowest BCUT2D eigenvalue weighted by Gasteiger charge is -2.15. The Morgan fingerprint density at radius 1 is 1.36 bits per heavy atom. The molecule has 0 saturated heterocycles. The Hall–Kier alpha value is -0.330. The maximum absolute atomic E-state index is 11.3. The molecule has 1 radical (unpaired) electrons. The summed E-state index contributed by atoms with van der Waals surface area (Å²) in [7, 11) is 0. The largest absolute Gasteiger partial charge is 0.299 e. The van der Waals surface area contributed by atoms with E-state index in [1.54, 1.807) is 0 Å². The number of carbonyl (C=O) groups excluding carboxylic acids is 1. The molecule has 0 amide bonds. The first kappa shape index (κ1) is 10.7. The van der Waals surface area contributed by atoms with Crippen molar-refractivity contribution in [2.75, 3.05) is 0 Å². The molecule has 11 heavy (non-hydrogen) atoms. The number of rotatable bonds is 5. The summed E-state index contributed by atoms with van der Waals surface area (Å²) >= 11 is 0. The van der Waals surface area contributed by atoms with Crippen LogP contribution < -0.4 is 0 Å². The van der Waals surface area contributed by atoms with Crippen molar-refractivity contribution in [1.29, 1.82) is 0 Å². The van der Waals surface area contributed by atoms with E-state index in [1.165, 1.54) is 6.42 Å². The van der Waals surface area contributed by atoms with Crippen molar-refractivity contribution in [3.05, 3.63) is 6.92 Å². The Labute approximate surface area is 70.2 Å². The first-order chi connectivity index (χ1) is 4.98. The highest BCUT2D eigenvalue weighted by Gasteiger charge is 2.19. The second kappa shape index (κ2) is 4.53. The zero-order valence-corrected chi connectivity index (χ0v) is 7.94. The molecule has 0 aromatic heterocycles. The standard InChI is InChI=1S/C10H19O/c1-5-6-7-8-9(11)10(2,3)4/h2,5-8H2,1,3-4H3. The molecule has 0 unspecified atom stereocenters. The van der Waals surface area contributed by atoms with E-state index in [0.717, 1.165) is 12.8 Å². The first-order valence-corrected chi connectivity index (χ1v) is 4.37. The van der Waals surface area contributed by atoms with E-state index in [9.17, 15) is 4.79 Å². The van der Waals surface area contributed by atoms with Crippen LogP contribution in [0.2, 0.25) is 0 Å². The van der Waals surface area contributed by atoms with Crippen molar-refractivity contribution in [3.63, 3.8) is 0 Å². The van der Waals surface area contributed by atoms with Gasteiger partial charge in [-0.05, 0) is 13.3 Å². The first-order valence-electron chi connectivity index (χ1n) is 4.37. The molecule has 0 spiro atoms. The smallest absolute Gasteiger partial charge is 0.138 e. The van der Waals surface area contributed by atoms with Crippen molar-refractivity contribution in [2.24, 2.45) is 5.41 Å². The SMILES string of the molecule is [CH2]C(C)(C)C(=O)CCCCC. The fourth-order valence-electron chi connectivity index (χ4n) is 0.874. The minimum Gasteiger partial charge on any atom is -0.299 e. The number of unbranched alkanes of at least 4 members (excludes halogenated alkanes) is 2. The van der Waals surface area contributed by atoms with E-state index >= 15 is 0 Å². The van der Waals surface area contributed by atoms with Gasteiger partial charge in [0.2, 0.25) is 0 Å². The molecule has 1 nitrogen and oxygen atoms in total. The molecule has 0 aromatic rings. The molecule has 0 atom stereocenters. The van der Waals surface area contributed by atoms with Crippen molar-refractivity contribution < 1.29 is 4.79 Å². The van der Waals surface area contributed by atoms with Crippen LogP contribution in [0.15, 0.2) is 0 Å². The van der Waals surface area contributed by atoms with Crippen LogP contribution in [-0.4, -0.2) is 5.78 Å². The average Bonchev–Trinajstić information content (AvgIpc) is 1.86. The summed E-state index contributed by atoms with van der Waals surface area (Å²) in [5.41, 5.74) is -0.381. The van der Waals surface area contributed by atoms with Crippen LogP contribution in [0.25, 0.3) is 0 Å². The van der Waals surface area contributed by atoms with Gasteiger partial charge in [0.1, 0.15) is 5.78 Å². The molecule has 0 aliphatic rings. The van der Waals surface area contributed by atoms with Gasteiger partial charge in [-0.1, -0.05) is 33.6 Å². The predicted molar refractivity (Wildman–Crippen MR) is 48.3 cm³/mol. The van der Waals surface area contributed by atoms with Crippen LogP contribution in [-0.2, 0) is 4.79 Å². The molecule has 0 aromatic carbocycles. The molecule has 0 N–H and O–H groups in total. The van der Waals surface area contributed by atoms with Gasteiger partial charge < -0.3 is 0 Å².